The monoisotopic (exact) mass is 292 g/mol. The highest BCUT2D eigenvalue weighted by molar-refractivity contribution is 7.21. The maximum atomic E-state index is 13.5. The van der Waals surface area contributed by atoms with Gasteiger partial charge in [-0.05, 0) is 42.8 Å². The molecular formula is C14H10ClFN2S. The van der Waals surface area contributed by atoms with Gasteiger partial charge in [-0.25, -0.2) is 9.37 Å². The first-order valence-corrected chi connectivity index (χ1v) is 6.86. The smallest absolute Gasteiger partial charge is 0.125 e. The summed E-state index contributed by atoms with van der Waals surface area (Å²) in [5, 5.41) is 1.42. The van der Waals surface area contributed by atoms with Crippen LogP contribution in [0.5, 0.6) is 0 Å². The fourth-order valence-electron chi connectivity index (χ4n) is 1.94. The van der Waals surface area contributed by atoms with Gasteiger partial charge in [-0.2, -0.15) is 0 Å². The second-order valence-electron chi connectivity index (χ2n) is 4.30. The van der Waals surface area contributed by atoms with Crippen LogP contribution >= 0.6 is 22.9 Å². The highest BCUT2D eigenvalue weighted by Crippen LogP contribution is 2.35. The lowest BCUT2D eigenvalue weighted by Crippen LogP contribution is -1.94. The molecule has 0 spiro atoms. The predicted octanol–water partition coefficient (Wildman–Crippen LogP) is 4.65. The molecule has 0 atom stereocenters. The Morgan fingerprint density at radius 1 is 1.26 bits per heavy atom. The van der Waals surface area contributed by atoms with Gasteiger partial charge >= 0.3 is 0 Å². The second kappa shape index (κ2) is 4.47. The van der Waals surface area contributed by atoms with E-state index in [1.807, 2.05) is 19.1 Å². The van der Waals surface area contributed by atoms with E-state index in [9.17, 15) is 4.39 Å². The number of halogens is 2. The summed E-state index contributed by atoms with van der Waals surface area (Å²) >= 11 is 7.43. The molecule has 0 aliphatic rings. The maximum absolute atomic E-state index is 13.5. The van der Waals surface area contributed by atoms with Gasteiger partial charge in [-0.1, -0.05) is 11.6 Å². The van der Waals surface area contributed by atoms with Crippen molar-refractivity contribution in [3.05, 3.63) is 46.7 Å². The quantitative estimate of drug-likeness (QED) is 0.663. The van der Waals surface area contributed by atoms with Crippen molar-refractivity contribution in [2.75, 3.05) is 5.73 Å². The van der Waals surface area contributed by atoms with Crippen LogP contribution in [0.15, 0.2) is 30.3 Å². The summed E-state index contributed by atoms with van der Waals surface area (Å²) in [7, 11) is 0. The molecule has 96 valence electrons. The molecule has 3 rings (SSSR count). The number of benzene rings is 2. The van der Waals surface area contributed by atoms with Crippen molar-refractivity contribution in [3.8, 4) is 10.6 Å². The molecule has 0 aliphatic carbocycles. The molecule has 0 bridgehead atoms. The summed E-state index contributed by atoms with van der Waals surface area (Å²) in [4.78, 5) is 4.50. The minimum absolute atomic E-state index is 0.351. The predicted molar refractivity (Wildman–Crippen MR) is 79.2 cm³/mol. The molecule has 0 saturated carbocycles. The Balaban J connectivity index is 2.24. The average Bonchev–Trinajstić information content (AvgIpc) is 2.76. The van der Waals surface area contributed by atoms with E-state index in [1.165, 1.54) is 23.5 Å². The van der Waals surface area contributed by atoms with E-state index in [4.69, 9.17) is 17.3 Å². The Morgan fingerprint density at radius 3 is 2.84 bits per heavy atom. The zero-order valence-electron chi connectivity index (χ0n) is 10.1. The molecule has 0 aliphatic heterocycles. The van der Waals surface area contributed by atoms with Crippen molar-refractivity contribution in [3.63, 3.8) is 0 Å². The number of aromatic nitrogens is 1. The Bertz CT molecular complexity index is 782. The van der Waals surface area contributed by atoms with Crippen LogP contribution in [-0.4, -0.2) is 4.98 Å². The lowest BCUT2D eigenvalue weighted by molar-refractivity contribution is 0.628. The third kappa shape index (κ3) is 2.17. The van der Waals surface area contributed by atoms with Gasteiger partial charge in [-0.3, -0.25) is 0 Å². The zero-order valence-corrected chi connectivity index (χ0v) is 11.6. The molecule has 0 amide bonds. The number of anilines is 1. The number of nitrogens with two attached hydrogens (primary N) is 1. The van der Waals surface area contributed by atoms with Crippen LogP contribution < -0.4 is 5.73 Å². The third-order valence-corrected chi connectivity index (χ3v) is 4.28. The average molecular weight is 293 g/mol. The molecule has 2 aromatic carbocycles. The van der Waals surface area contributed by atoms with Gasteiger partial charge in [0.2, 0.25) is 0 Å². The van der Waals surface area contributed by atoms with Gasteiger partial charge in [0.25, 0.3) is 0 Å². The lowest BCUT2D eigenvalue weighted by Gasteiger charge is -2.05. The molecule has 19 heavy (non-hydrogen) atoms. The minimum atomic E-state index is -0.351. The van der Waals surface area contributed by atoms with Crippen LogP contribution in [0.3, 0.4) is 0 Å². The van der Waals surface area contributed by atoms with Crippen molar-refractivity contribution in [1.29, 1.82) is 0 Å². The van der Waals surface area contributed by atoms with E-state index in [-0.39, 0.29) is 5.82 Å². The van der Waals surface area contributed by atoms with Gasteiger partial charge in [0.1, 0.15) is 10.8 Å². The Hall–Kier alpha value is -1.65. The number of hydrogen-bond acceptors (Lipinski definition) is 3. The number of nitrogen functional groups attached to an aromatic ring is 1. The summed E-state index contributed by atoms with van der Waals surface area (Å²) in [5.74, 6) is -0.351. The molecular weight excluding hydrogens is 283 g/mol. The van der Waals surface area contributed by atoms with Gasteiger partial charge in [0.15, 0.2) is 0 Å². The fourth-order valence-corrected chi connectivity index (χ4v) is 3.25. The van der Waals surface area contributed by atoms with E-state index >= 15 is 0 Å². The minimum Gasteiger partial charge on any atom is -0.398 e. The molecule has 0 unspecified atom stereocenters. The fraction of sp³-hybridized carbons (Fsp3) is 0.0714. The SMILES string of the molecule is Cc1c(N)cc(F)cc1-c1nc2ccc(Cl)cc2s1. The number of fused-ring (bicyclic) bond motifs is 1. The van der Waals surface area contributed by atoms with E-state index < -0.39 is 0 Å². The highest BCUT2D eigenvalue weighted by atomic mass is 35.5. The van der Waals surface area contributed by atoms with E-state index in [2.05, 4.69) is 4.98 Å². The Morgan fingerprint density at radius 2 is 2.05 bits per heavy atom. The van der Waals surface area contributed by atoms with Gasteiger partial charge in [0.05, 0.1) is 10.2 Å². The van der Waals surface area contributed by atoms with Crippen molar-refractivity contribution in [2.24, 2.45) is 0 Å². The molecule has 0 fully saturated rings. The Labute approximate surface area is 118 Å². The van der Waals surface area contributed by atoms with Crippen molar-refractivity contribution >= 4 is 38.8 Å². The van der Waals surface area contributed by atoms with Crippen LogP contribution in [0.4, 0.5) is 10.1 Å². The molecule has 2 N–H and O–H groups in total. The van der Waals surface area contributed by atoms with Crippen molar-refractivity contribution in [2.45, 2.75) is 6.92 Å². The van der Waals surface area contributed by atoms with Crippen LogP contribution in [0.2, 0.25) is 5.02 Å². The van der Waals surface area contributed by atoms with Crippen LogP contribution in [0.1, 0.15) is 5.56 Å². The zero-order chi connectivity index (χ0) is 13.6. The first-order chi connectivity index (χ1) is 9.04. The van der Waals surface area contributed by atoms with Gasteiger partial charge in [0, 0.05) is 16.3 Å². The van der Waals surface area contributed by atoms with Gasteiger partial charge < -0.3 is 5.73 Å². The Kier molecular flexibility index (Phi) is 2.92. The normalized spacial score (nSPS) is 11.1. The topological polar surface area (TPSA) is 38.9 Å². The highest BCUT2D eigenvalue weighted by Gasteiger charge is 2.12. The number of rotatable bonds is 1. The summed E-state index contributed by atoms with van der Waals surface area (Å²) < 4.78 is 14.5. The third-order valence-electron chi connectivity index (χ3n) is 2.99. The molecule has 0 radical (unpaired) electrons. The summed E-state index contributed by atoms with van der Waals surface area (Å²) in [6.07, 6.45) is 0. The summed E-state index contributed by atoms with van der Waals surface area (Å²) in [5.41, 5.74) is 8.65. The number of thiazole rings is 1. The maximum Gasteiger partial charge on any atom is 0.125 e. The summed E-state index contributed by atoms with van der Waals surface area (Å²) in [6, 6.07) is 8.29. The molecule has 1 aromatic heterocycles. The number of hydrogen-bond donors (Lipinski definition) is 1. The molecule has 1 heterocycles. The van der Waals surface area contributed by atoms with Crippen LogP contribution in [0, 0.1) is 12.7 Å². The largest absolute Gasteiger partial charge is 0.398 e. The van der Waals surface area contributed by atoms with Crippen molar-refractivity contribution in [1.82, 2.24) is 4.98 Å². The molecule has 3 aromatic rings. The van der Waals surface area contributed by atoms with E-state index in [0.717, 1.165) is 26.4 Å². The van der Waals surface area contributed by atoms with Crippen molar-refractivity contribution < 1.29 is 4.39 Å². The molecule has 0 saturated heterocycles. The van der Waals surface area contributed by atoms with Crippen LogP contribution in [-0.2, 0) is 0 Å². The summed E-state index contributed by atoms with van der Waals surface area (Å²) in [6.45, 7) is 1.86. The van der Waals surface area contributed by atoms with E-state index in [1.54, 1.807) is 6.07 Å². The second-order valence-corrected chi connectivity index (χ2v) is 5.77. The van der Waals surface area contributed by atoms with Crippen LogP contribution in [0.25, 0.3) is 20.8 Å². The first-order valence-electron chi connectivity index (χ1n) is 5.66. The molecule has 2 nitrogen and oxygen atoms in total. The number of nitrogens with zero attached hydrogens (tertiary/aromatic N) is 1. The van der Waals surface area contributed by atoms with E-state index in [0.29, 0.717) is 10.7 Å². The lowest BCUT2D eigenvalue weighted by atomic mass is 10.1. The molecule has 5 heteroatoms. The van der Waals surface area contributed by atoms with Gasteiger partial charge in [-0.15, -0.1) is 11.3 Å². The first kappa shape index (κ1) is 12.4. The standard InChI is InChI=1S/C14H10ClFN2S/c1-7-10(5-9(16)6-11(7)17)14-18-12-3-2-8(15)4-13(12)19-14/h2-6H,17H2,1H3.